The number of likely N-dealkylation sites (N-methyl/N-ethyl adjacent to an activating group) is 1. The molecule has 10 nitrogen and oxygen atoms in total. The van der Waals surface area contributed by atoms with E-state index in [0.29, 0.717) is 44.9 Å². The van der Waals surface area contributed by atoms with Gasteiger partial charge in [-0.3, -0.25) is 14.4 Å². The van der Waals surface area contributed by atoms with Crippen LogP contribution in [0.1, 0.15) is 33.1 Å². The Kier molecular flexibility index (Phi) is 10.1. The molecule has 1 aliphatic rings. The quantitative estimate of drug-likeness (QED) is 0.466. The maximum absolute atomic E-state index is 12.5. The third kappa shape index (κ3) is 8.01. The highest BCUT2D eigenvalue weighted by Crippen LogP contribution is 2.19. The van der Waals surface area contributed by atoms with E-state index in [2.05, 4.69) is 4.72 Å². The molecule has 11 heteroatoms. The molecule has 0 atom stereocenters. The van der Waals surface area contributed by atoms with E-state index in [4.69, 9.17) is 9.47 Å². The third-order valence-corrected chi connectivity index (χ3v) is 6.82. The second kappa shape index (κ2) is 12.5. The van der Waals surface area contributed by atoms with E-state index >= 15 is 0 Å². The molecular weight excluding hydrogens is 450 g/mol. The summed E-state index contributed by atoms with van der Waals surface area (Å²) in [4.78, 5) is 39.7. The van der Waals surface area contributed by atoms with E-state index in [-0.39, 0.29) is 48.1 Å². The summed E-state index contributed by atoms with van der Waals surface area (Å²) in [5.41, 5.74) is 0. The molecule has 1 N–H and O–H groups in total. The van der Waals surface area contributed by atoms with Crippen molar-refractivity contribution in [3.8, 4) is 5.75 Å². The van der Waals surface area contributed by atoms with Crippen LogP contribution < -0.4 is 9.46 Å². The Balaban J connectivity index is 1.75. The number of hydrogen-bond acceptors (Lipinski definition) is 7. The van der Waals surface area contributed by atoms with Crippen molar-refractivity contribution in [1.29, 1.82) is 0 Å². The van der Waals surface area contributed by atoms with E-state index in [1.807, 2.05) is 6.92 Å². The number of nitrogens with one attached hydrogen (secondary N) is 1. The van der Waals surface area contributed by atoms with Crippen LogP contribution in [0.3, 0.4) is 0 Å². The van der Waals surface area contributed by atoms with Crippen molar-refractivity contribution < 1.29 is 32.3 Å². The average molecular weight is 484 g/mol. The van der Waals surface area contributed by atoms with Crippen LogP contribution in [0.15, 0.2) is 29.2 Å². The zero-order valence-electron chi connectivity index (χ0n) is 19.4. The largest absolute Gasteiger partial charge is 0.494 e. The number of sulfonamides is 1. The summed E-state index contributed by atoms with van der Waals surface area (Å²) < 4.78 is 37.5. The fourth-order valence-corrected chi connectivity index (χ4v) is 4.50. The minimum atomic E-state index is -3.76. The molecule has 1 aliphatic heterocycles. The number of ether oxygens (including phenoxy) is 2. The molecule has 0 unspecified atom stereocenters. The lowest BCUT2D eigenvalue weighted by Gasteiger charge is -2.32. The van der Waals surface area contributed by atoms with Crippen LogP contribution in [-0.2, 0) is 29.1 Å². The number of amides is 2. The van der Waals surface area contributed by atoms with Gasteiger partial charge in [0.25, 0.3) is 0 Å². The molecule has 0 spiro atoms. The molecule has 2 rings (SSSR count). The van der Waals surface area contributed by atoms with Gasteiger partial charge < -0.3 is 19.3 Å². The van der Waals surface area contributed by atoms with Crippen molar-refractivity contribution in [2.45, 2.75) is 38.0 Å². The van der Waals surface area contributed by atoms with Crippen molar-refractivity contribution in [1.82, 2.24) is 14.5 Å². The zero-order valence-corrected chi connectivity index (χ0v) is 20.2. The van der Waals surface area contributed by atoms with Gasteiger partial charge in [-0.05, 0) is 51.0 Å². The fourth-order valence-electron chi connectivity index (χ4n) is 3.46. The first-order valence-electron chi connectivity index (χ1n) is 11.1. The first-order chi connectivity index (χ1) is 15.7. The van der Waals surface area contributed by atoms with Crippen molar-refractivity contribution >= 4 is 27.8 Å². The Morgan fingerprint density at radius 2 is 1.73 bits per heavy atom. The zero-order chi connectivity index (χ0) is 24.4. The normalized spacial score (nSPS) is 14.6. The smallest absolute Gasteiger partial charge is 0.309 e. The molecule has 33 heavy (non-hydrogen) atoms. The number of likely N-dealkylation sites (tertiary alicyclic amines) is 1. The molecule has 184 valence electrons. The predicted octanol–water partition coefficient (Wildman–Crippen LogP) is 1.01. The van der Waals surface area contributed by atoms with Crippen molar-refractivity contribution in [2.24, 2.45) is 5.92 Å². The van der Waals surface area contributed by atoms with Gasteiger partial charge >= 0.3 is 5.97 Å². The molecule has 1 heterocycles. The standard InChI is InChI=1S/C22H33N3O7S/c1-4-31-18-6-8-19(9-7-18)33(29,30)23-13-10-20(26)24(3)16-21(27)25-14-11-17(12-15-25)22(28)32-5-2/h6-9,17,23H,4-5,10-16H2,1-3H3. The lowest BCUT2D eigenvalue weighted by Crippen LogP contribution is -2.46. The first kappa shape index (κ1) is 26.6. The molecule has 0 bridgehead atoms. The summed E-state index contributed by atoms with van der Waals surface area (Å²) >= 11 is 0. The highest BCUT2D eigenvalue weighted by Gasteiger charge is 2.29. The van der Waals surface area contributed by atoms with Gasteiger partial charge in [0.05, 0.1) is 30.6 Å². The van der Waals surface area contributed by atoms with E-state index in [1.165, 1.54) is 24.1 Å². The Labute approximate surface area is 195 Å². The molecule has 1 fully saturated rings. The number of piperidine rings is 1. The van der Waals surface area contributed by atoms with Gasteiger partial charge in [-0.15, -0.1) is 0 Å². The van der Waals surface area contributed by atoms with Gasteiger partial charge in [0.1, 0.15) is 5.75 Å². The van der Waals surface area contributed by atoms with Crippen molar-refractivity contribution in [3.63, 3.8) is 0 Å². The summed E-state index contributed by atoms with van der Waals surface area (Å²) in [6.45, 7) is 5.09. The molecule has 0 radical (unpaired) electrons. The minimum absolute atomic E-state index is 0.0770. The Morgan fingerprint density at radius 3 is 2.30 bits per heavy atom. The van der Waals surface area contributed by atoms with Crippen LogP contribution in [-0.4, -0.2) is 82.4 Å². The third-order valence-electron chi connectivity index (χ3n) is 5.34. The van der Waals surface area contributed by atoms with Crippen molar-refractivity contribution in [3.05, 3.63) is 24.3 Å². The number of rotatable bonds is 11. The number of carbonyl (C=O) groups is 3. The first-order valence-corrected chi connectivity index (χ1v) is 12.6. The van der Waals surface area contributed by atoms with Gasteiger partial charge in [0.15, 0.2) is 0 Å². The summed E-state index contributed by atoms with van der Waals surface area (Å²) in [6.07, 6.45) is 0.996. The van der Waals surface area contributed by atoms with Crippen LogP contribution in [0.5, 0.6) is 5.75 Å². The van der Waals surface area contributed by atoms with Gasteiger partial charge in [0, 0.05) is 33.1 Å². The summed E-state index contributed by atoms with van der Waals surface area (Å²) in [6, 6.07) is 6.01. The van der Waals surface area contributed by atoms with Crippen molar-refractivity contribution in [2.75, 3.05) is 46.4 Å². The van der Waals surface area contributed by atoms with Crippen LogP contribution >= 0.6 is 0 Å². The van der Waals surface area contributed by atoms with E-state index < -0.39 is 10.0 Å². The highest BCUT2D eigenvalue weighted by atomic mass is 32.2. The molecule has 1 saturated heterocycles. The second-order valence-electron chi connectivity index (χ2n) is 7.71. The second-order valence-corrected chi connectivity index (χ2v) is 9.48. The van der Waals surface area contributed by atoms with E-state index in [0.717, 1.165) is 0 Å². The number of nitrogens with zero attached hydrogens (tertiary/aromatic N) is 2. The fraction of sp³-hybridized carbons (Fsp3) is 0.591. The summed E-state index contributed by atoms with van der Waals surface area (Å²) in [5, 5.41) is 0. The van der Waals surface area contributed by atoms with E-state index in [9.17, 15) is 22.8 Å². The van der Waals surface area contributed by atoms with Gasteiger partial charge in [-0.25, -0.2) is 13.1 Å². The number of benzene rings is 1. The Bertz CT molecular complexity index is 910. The van der Waals surface area contributed by atoms with Crippen LogP contribution in [0, 0.1) is 5.92 Å². The lowest BCUT2D eigenvalue weighted by atomic mass is 9.97. The molecule has 1 aromatic carbocycles. The number of carbonyl (C=O) groups excluding carboxylic acids is 3. The van der Waals surface area contributed by atoms with E-state index in [1.54, 1.807) is 24.0 Å². The Hall–Kier alpha value is -2.66. The maximum Gasteiger partial charge on any atom is 0.309 e. The van der Waals surface area contributed by atoms with Gasteiger partial charge in [-0.1, -0.05) is 0 Å². The number of esters is 1. The topological polar surface area (TPSA) is 122 Å². The highest BCUT2D eigenvalue weighted by molar-refractivity contribution is 7.89. The minimum Gasteiger partial charge on any atom is -0.494 e. The lowest BCUT2D eigenvalue weighted by molar-refractivity contribution is -0.151. The number of hydrogen-bond donors (Lipinski definition) is 1. The maximum atomic E-state index is 12.5. The molecule has 0 aliphatic carbocycles. The molecule has 0 aromatic heterocycles. The predicted molar refractivity (Wildman–Crippen MR) is 121 cm³/mol. The molecular formula is C22H33N3O7S. The monoisotopic (exact) mass is 483 g/mol. The summed E-state index contributed by atoms with van der Waals surface area (Å²) in [7, 11) is -2.25. The van der Waals surface area contributed by atoms with Crippen LogP contribution in [0.4, 0.5) is 0 Å². The molecule has 0 saturated carbocycles. The van der Waals surface area contributed by atoms with Crippen LogP contribution in [0.25, 0.3) is 0 Å². The molecule has 1 aromatic rings. The summed E-state index contributed by atoms with van der Waals surface area (Å²) in [5.74, 6) is -0.410. The van der Waals surface area contributed by atoms with Crippen LogP contribution in [0.2, 0.25) is 0 Å². The Morgan fingerprint density at radius 1 is 1.09 bits per heavy atom. The van der Waals surface area contributed by atoms with Gasteiger partial charge in [-0.2, -0.15) is 0 Å². The molecule has 2 amide bonds. The average Bonchev–Trinajstić information content (AvgIpc) is 2.79. The van der Waals surface area contributed by atoms with Gasteiger partial charge in [0.2, 0.25) is 21.8 Å². The SMILES string of the molecule is CCOC(=O)C1CCN(C(=O)CN(C)C(=O)CCNS(=O)(=O)c2ccc(OCC)cc2)CC1.